The maximum Gasteiger partial charge on any atom is 0.236 e. The van der Waals surface area contributed by atoms with Crippen molar-refractivity contribution in [1.82, 2.24) is 5.32 Å². The first-order valence-electron chi connectivity index (χ1n) is 5.37. The van der Waals surface area contributed by atoms with E-state index >= 15 is 0 Å². The zero-order valence-electron chi connectivity index (χ0n) is 10.2. The van der Waals surface area contributed by atoms with Crippen LogP contribution in [0.25, 0.3) is 0 Å². The second-order valence-electron chi connectivity index (χ2n) is 4.58. The van der Waals surface area contributed by atoms with Crippen molar-refractivity contribution in [3.8, 4) is 0 Å². The van der Waals surface area contributed by atoms with Gasteiger partial charge < -0.3 is 5.32 Å². The number of alkyl halides is 1. The molecule has 1 aromatic carbocycles. The van der Waals surface area contributed by atoms with Crippen LogP contribution < -0.4 is 5.32 Å². The van der Waals surface area contributed by atoms with Crippen molar-refractivity contribution in [2.24, 2.45) is 0 Å². The molecule has 3 heteroatoms. The molecule has 2 nitrogen and oxygen atoms in total. The highest BCUT2D eigenvalue weighted by molar-refractivity contribution is 9.10. The van der Waals surface area contributed by atoms with E-state index in [9.17, 15) is 4.79 Å². The molecule has 0 aromatic heterocycles. The average Bonchev–Trinajstić information content (AvgIpc) is 2.17. The zero-order valence-corrected chi connectivity index (χ0v) is 11.8. The standard InChI is InChI=1S/C13H18BrNO/c1-9-5-7-11(8-6-9)10(2)15-12(16)13(3,4)14/h5-8,10H,1-4H3,(H,15,16). The van der Waals surface area contributed by atoms with Crippen molar-refractivity contribution in [2.45, 2.75) is 38.1 Å². The number of carbonyl (C=O) groups excluding carboxylic acids is 1. The molecule has 0 radical (unpaired) electrons. The second-order valence-corrected chi connectivity index (χ2v) is 6.56. The van der Waals surface area contributed by atoms with Gasteiger partial charge in [0.2, 0.25) is 5.91 Å². The molecule has 16 heavy (non-hydrogen) atoms. The number of amides is 1. The Labute approximate surface area is 106 Å². The van der Waals surface area contributed by atoms with Gasteiger partial charge in [0.05, 0.1) is 10.4 Å². The smallest absolute Gasteiger partial charge is 0.236 e. The molecule has 1 amide bonds. The first-order chi connectivity index (χ1) is 7.30. The van der Waals surface area contributed by atoms with Gasteiger partial charge in [-0.05, 0) is 33.3 Å². The van der Waals surface area contributed by atoms with Crippen LogP contribution in [0.3, 0.4) is 0 Å². The average molecular weight is 284 g/mol. The number of rotatable bonds is 3. The predicted molar refractivity (Wildman–Crippen MR) is 70.7 cm³/mol. The molecule has 1 rings (SSSR count). The topological polar surface area (TPSA) is 29.1 Å². The van der Waals surface area contributed by atoms with Crippen LogP contribution in [0.4, 0.5) is 0 Å². The van der Waals surface area contributed by atoms with Crippen LogP contribution in [0.5, 0.6) is 0 Å². The number of halogens is 1. The van der Waals surface area contributed by atoms with E-state index in [1.165, 1.54) is 5.56 Å². The largest absolute Gasteiger partial charge is 0.348 e. The summed E-state index contributed by atoms with van der Waals surface area (Å²) in [6.07, 6.45) is 0. The van der Waals surface area contributed by atoms with Crippen LogP contribution in [-0.2, 0) is 4.79 Å². The van der Waals surface area contributed by atoms with Crippen LogP contribution >= 0.6 is 15.9 Å². The summed E-state index contributed by atoms with van der Waals surface area (Å²) in [5.74, 6) is 0.000532. The summed E-state index contributed by atoms with van der Waals surface area (Å²) in [7, 11) is 0. The van der Waals surface area contributed by atoms with E-state index in [2.05, 4.69) is 40.3 Å². The molecule has 1 atom stereocenters. The molecule has 1 N–H and O–H groups in total. The molecular formula is C13H18BrNO. The van der Waals surface area contributed by atoms with Gasteiger partial charge in [0.25, 0.3) is 0 Å². The van der Waals surface area contributed by atoms with Gasteiger partial charge >= 0.3 is 0 Å². The van der Waals surface area contributed by atoms with Crippen LogP contribution in [0.1, 0.15) is 37.9 Å². The lowest BCUT2D eigenvalue weighted by Crippen LogP contribution is -2.38. The highest BCUT2D eigenvalue weighted by atomic mass is 79.9. The molecule has 0 heterocycles. The van der Waals surface area contributed by atoms with E-state index in [4.69, 9.17) is 0 Å². The summed E-state index contributed by atoms with van der Waals surface area (Å²) >= 11 is 3.34. The van der Waals surface area contributed by atoms with E-state index in [-0.39, 0.29) is 11.9 Å². The number of hydrogen-bond donors (Lipinski definition) is 1. The van der Waals surface area contributed by atoms with Gasteiger partial charge in [0.15, 0.2) is 0 Å². The Kier molecular flexibility index (Phi) is 4.14. The zero-order chi connectivity index (χ0) is 12.3. The van der Waals surface area contributed by atoms with Gasteiger partial charge in [-0.2, -0.15) is 0 Å². The quantitative estimate of drug-likeness (QED) is 0.847. The van der Waals surface area contributed by atoms with Crippen LogP contribution in [0, 0.1) is 6.92 Å². The predicted octanol–water partition coefficient (Wildman–Crippen LogP) is 3.35. The van der Waals surface area contributed by atoms with E-state index < -0.39 is 4.32 Å². The fraction of sp³-hybridized carbons (Fsp3) is 0.462. The van der Waals surface area contributed by atoms with E-state index in [1.807, 2.05) is 32.9 Å². The maximum absolute atomic E-state index is 11.8. The molecule has 1 aromatic rings. The van der Waals surface area contributed by atoms with Gasteiger partial charge in [-0.3, -0.25) is 4.79 Å². The first kappa shape index (κ1) is 13.2. The van der Waals surface area contributed by atoms with Gasteiger partial charge in [-0.1, -0.05) is 45.8 Å². The minimum atomic E-state index is -0.522. The summed E-state index contributed by atoms with van der Waals surface area (Å²) in [5, 5.41) is 2.97. The number of benzene rings is 1. The molecular weight excluding hydrogens is 266 g/mol. The third kappa shape index (κ3) is 3.63. The van der Waals surface area contributed by atoms with Gasteiger partial charge in [0.1, 0.15) is 0 Å². The maximum atomic E-state index is 11.8. The number of hydrogen-bond acceptors (Lipinski definition) is 1. The molecule has 88 valence electrons. The summed E-state index contributed by atoms with van der Waals surface area (Å²) in [4.78, 5) is 11.8. The minimum Gasteiger partial charge on any atom is -0.348 e. The van der Waals surface area contributed by atoms with Crippen LogP contribution in [-0.4, -0.2) is 10.2 Å². The minimum absolute atomic E-state index is 0.000532. The Morgan fingerprint density at radius 2 is 1.81 bits per heavy atom. The molecule has 0 fully saturated rings. The first-order valence-corrected chi connectivity index (χ1v) is 6.16. The Morgan fingerprint density at radius 1 is 1.31 bits per heavy atom. The van der Waals surface area contributed by atoms with Crippen molar-refractivity contribution in [3.63, 3.8) is 0 Å². The fourth-order valence-corrected chi connectivity index (χ4v) is 1.42. The molecule has 0 aliphatic rings. The van der Waals surface area contributed by atoms with Gasteiger partial charge in [-0.25, -0.2) is 0 Å². The normalized spacial score (nSPS) is 13.3. The lowest BCUT2D eigenvalue weighted by molar-refractivity contribution is -0.123. The third-order valence-corrected chi connectivity index (χ3v) is 2.83. The molecule has 0 spiro atoms. The number of nitrogens with one attached hydrogen (secondary N) is 1. The van der Waals surface area contributed by atoms with E-state index in [1.54, 1.807) is 0 Å². The molecule has 0 bridgehead atoms. The second kappa shape index (κ2) is 5.00. The van der Waals surface area contributed by atoms with E-state index in [0.717, 1.165) is 5.56 Å². The van der Waals surface area contributed by atoms with Crippen molar-refractivity contribution in [1.29, 1.82) is 0 Å². The van der Waals surface area contributed by atoms with Crippen molar-refractivity contribution in [3.05, 3.63) is 35.4 Å². The molecule has 0 saturated heterocycles. The number of carbonyl (C=O) groups is 1. The van der Waals surface area contributed by atoms with E-state index in [0.29, 0.717) is 0 Å². The summed E-state index contributed by atoms with van der Waals surface area (Å²) in [5.41, 5.74) is 2.35. The van der Waals surface area contributed by atoms with Crippen molar-refractivity contribution < 1.29 is 4.79 Å². The Morgan fingerprint density at radius 3 is 2.25 bits per heavy atom. The summed E-state index contributed by atoms with van der Waals surface area (Å²) < 4.78 is -0.522. The Bertz CT molecular complexity index is 365. The molecule has 1 unspecified atom stereocenters. The van der Waals surface area contributed by atoms with Crippen LogP contribution in [0.2, 0.25) is 0 Å². The van der Waals surface area contributed by atoms with Crippen molar-refractivity contribution >= 4 is 21.8 Å². The molecule has 0 saturated carbocycles. The highest BCUT2D eigenvalue weighted by Crippen LogP contribution is 2.19. The molecule has 0 aliphatic carbocycles. The fourth-order valence-electron chi connectivity index (χ4n) is 1.31. The van der Waals surface area contributed by atoms with Crippen LogP contribution in [0.15, 0.2) is 24.3 Å². The lowest BCUT2D eigenvalue weighted by atomic mass is 10.1. The lowest BCUT2D eigenvalue weighted by Gasteiger charge is -2.20. The molecule has 0 aliphatic heterocycles. The summed E-state index contributed by atoms with van der Waals surface area (Å²) in [6, 6.07) is 8.22. The third-order valence-electron chi connectivity index (χ3n) is 2.46. The SMILES string of the molecule is Cc1ccc(C(C)NC(=O)C(C)(C)Br)cc1. The number of aryl methyl sites for hydroxylation is 1. The highest BCUT2D eigenvalue weighted by Gasteiger charge is 2.24. The van der Waals surface area contributed by atoms with Gasteiger partial charge in [0, 0.05) is 0 Å². The van der Waals surface area contributed by atoms with Gasteiger partial charge in [-0.15, -0.1) is 0 Å². The summed E-state index contributed by atoms with van der Waals surface area (Å²) in [6.45, 7) is 7.71. The van der Waals surface area contributed by atoms with Crippen molar-refractivity contribution in [2.75, 3.05) is 0 Å². The Hall–Kier alpha value is -0.830. The monoisotopic (exact) mass is 283 g/mol. The Balaban J connectivity index is 2.69.